The molecule has 0 aliphatic carbocycles. The summed E-state index contributed by atoms with van der Waals surface area (Å²) in [5.41, 5.74) is 1.78. The molecule has 0 aromatic heterocycles. The Labute approximate surface area is 216 Å². The summed E-state index contributed by atoms with van der Waals surface area (Å²) in [5, 5.41) is 21.6. The number of ether oxygens (including phenoxy) is 3. The van der Waals surface area contributed by atoms with E-state index in [0.29, 0.717) is 49.7 Å². The van der Waals surface area contributed by atoms with Gasteiger partial charge >= 0.3 is 0 Å². The molecule has 198 valence electrons. The van der Waals surface area contributed by atoms with Crippen molar-refractivity contribution >= 4 is 17.4 Å². The lowest BCUT2D eigenvalue weighted by molar-refractivity contribution is -0.140. The number of amides is 1. The van der Waals surface area contributed by atoms with Gasteiger partial charge in [0, 0.05) is 31.7 Å². The minimum absolute atomic E-state index is 0.00841. The molecule has 2 aromatic carbocycles. The predicted molar refractivity (Wildman–Crippen MR) is 138 cm³/mol. The first-order chi connectivity index (χ1) is 17.8. The molecular formula is C28H34N2O7. The summed E-state index contributed by atoms with van der Waals surface area (Å²) in [5.74, 6) is -0.801. The fourth-order valence-corrected chi connectivity index (χ4v) is 4.90. The highest BCUT2D eigenvalue weighted by Crippen LogP contribution is 2.42. The van der Waals surface area contributed by atoms with E-state index in [1.807, 2.05) is 6.92 Å². The zero-order valence-corrected chi connectivity index (χ0v) is 21.5. The van der Waals surface area contributed by atoms with Crippen molar-refractivity contribution < 1.29 is 34.0 Å². The average molecular weight is 511 g/mol. The van der Waals surface area contributed by atoms with Gasteiger partial charge in [-0.3, -0.25) is 14.5 Å². The van der Waals surface area contributed by atoms with Gasteiger partial charge in [-0.25, -0.2) is 0 Å². The molecule has 1 atom stereocenters. The molecule has 9 heteroatoms. The van der Waals surface area contributed by atoms with Crippen LogP contribution >= 0.6 is 0 Å². The molecule has 0 saturated carbocycles. The highest BCUT2D eigenvalue weighted by Gasteiger charge is 2.46. The first kappa shape index (κ1) is 26.5. The fourth-order valence-electron chi connectivity index (χ4n) is 4.90. The lowest BCUT2D eigenvalue weighted by Crippen LogP contribution is -2.38. The van der Waals surface area contributed by atoms with Crippen LogP contribution in [0.15, 0.2) is 42.0 Å². The van der Waals surface area contributed by atoms with Gasteiger partial charge in [0.15, 0.2) is 11.5 Å². The smallest absolute Gasteiger partial charge is 0.295 e. The molecule has 0 bridgehead atoms. The number of carbonyl (C=O) groups excluding carboxylic acids is 2. The molecule has 37 heavy (non-hydrogen) atoms. The summed E-state index contributed by atoms with van der Waals surface area (Å²) in [4.78, 5) is 30.4. The van der Waals surface area contributed by atoms with Gasteiger partial charge in [0.05, 0.1) is 38.5 Å². The lowest BCUT2D eigenvalue weighted by Gasteiger charge is -2.29. The van der Waals surface area contributed by atoms with Crippen LogP contribution in [-0.2, 0) is 14.3 Å². The first-order valence-corrected chi connectivity index (χ1v) is 12.5. The molecule has 2 heterocycles. The zero-order valence-electron chi connectivity index (χ0n) is 21.5. The summed E-state index contributed by atoms with van der Waals surface area (Å²) >= 11 is 0. The summed E-state index contributed by atoms with van der Waals surface area (Å²) in [6.07, 6.45) is 0.654. The van der Waals surface area contributed by atoms with Gasteiger partial charge < -0.3 is 29.3 Å². The maximum atomic E-state index is 13.3. The van der Waals surface area contributed by atoms with Crippen LogP contribution in [0, 0.1) is 6.92 Å². The van der Waals surface area contributed by atoms with Crippen molar-refractivity contribution in [1.29, 1.82) is 0 Å². The van der Waals surface area contributed by atoms with Crippen LogP contribution in [0.2, 0.25) is 0 Å². The van der Waals surface area contributed by atoms with E-state index in [4.69, 9.17) is 14.2 Å². The Morgan fingerprint density at radius 2 is 1.84 bits per heavy atom. The molecule has 2 aromatic rings. The number of phenols is 1. The summed E-state index contributed by atoms with van der Waals surface area (Å²) in [6.45, 7) is 8.08. The molecule has 2 aliphatic heterocycles. The number of phenolic OH excluding ortho intramolecular Hbond substituents is 1. The van der Waals surface area contributed by atoms with Crippen molar-refractivity contribution in [2.45, 2.75) is 26.3 Å². The number of aryl methyl sites for hydroxylation is 1. The highest BCUT2D eigenvalue weighted by atomic mass is 16.5. The van der Waals surface area contributed by atoms with E-state index in [0.717, 1.165) is 25.2 Å². The van der Waals surface area contributed by atoms with Crippen LogP contribution in [0.1, 0.15) is 36.1 Å². The van der Waals surface area contributed by atoms with Crippen molar-refractivity contribution in [3.8, 4) is 17.2 Å². The standard InChI is InChI=1S/C28H34N2O7/c1-4-37-23-17-19(6-8-21(23)31)25-24(26(32)20-7-9-22(35-3)18(2)16-20)27(33)28(34)30(25)11-5-10-29-12-14-36-15-13-29/h6-9,16-17,25,31-32H,4-5,10-15H2,1-3H3/t25-/m1/s1. The fraction of sp³-hybridized carbons (Fsp3) is 0.429. The number of aliphatic hydroxyl groups is 1. The number of nitrogens with zero attached hydrogens (tertiary/aromatic N) is 2. The minimum Gasteiger partial charge on any atom is -0.507 e. The highest BCUT2D eigenvalue weighted by molar-refractivity contribution is 6.46. The number of aliphatic hydroxyl groups excluding tert-OH is 1. The van der Waals surface area contributed by atoms with E-state index < -0.39 is 17.7 Å². The molecule has 2 fully saturated rings. The van der Waals surface area contributed by atoms with Gasteiger partial charge in [0.25, 0.3) is 11.7 Å². The van der Waals surface area contributed by atoms with Crippen LogP contribution in [0.5, 0.6) is 17.2 Å². The van der Waals surface area contributed by atoms with E-state index in [-0.39, 0.29) is 22.8 Å². The van der Waals surface area contributed by atoms with Crippen molar-refractivity contribution in [1.82, 2.24) is 9.80 Å². The molecule has 2 aliphatic rings. The number of benzene rings is 2. The van der Waals surface area contributed by atoms with Gasteiger partial charge in [0.2, 0.25) is 0 Å². The molecule has 2 saturated heterocycles. The Balaban J connectivity index is 1.73. The number of Topliss-reactive ketones (excluding diaryl/α,β-unsaturated/α-hetero) is 1. The third-order valence-electron chi connectivity index (χ3n) is 6.78. The number of morpholine rings is 1. The Morgan fingerprint density at radius 1 is 1.08 bits per heavy atom. The first-order valence-electron chi connectivity index (χ1n) is 12.5. The maximum absolute atomic E-state index is 13.3. The van der Waals surface area contributed by atoms with Crippen molar-refractivity contribution in [2.24, 2.45) is 0 Å². The predicted octanol–water partition coefficient (Wildman–Crippen LogP) is 3.25. The number of hydrogen-bond donors (Lipinski definition) is 2. The molecule has 0 spiro atoms. The van der Waals surface area contributed by atoms with E-state index >= 15 is 0 Å². The summed E-state index contributed by atoms with van der Waals surface area (Å²) < 4.78 is 16.3. The average Bonchev–Trinajstić information content (AvgIpc) is 3.15. The third-order valence-corrected chi connectivity index (χ3v) is 6.78. The van der Waals surface area contributed by atoms with Crippen LogP contribution in [0.4, 0.5) is 0 Å². The largest absolute Gasteiger partial charge is 0.507 e. The number of rotatable bonds is 9. The normalized spacial score (nSPS) is 19.9. The number of likely N-dealkylation sites (tertiary alicyclic amines) is 1. The lowest BCUT2D eigenvalue weighted by atomic mass is 9.94. The van der Waals surface area contributed by atoms with E-state index in [9.17, 15) is 19.8 Å². The number of hydrogen-bond acceptors (Lipinski definition) is 8. The number of methoxy groups -OCH3 is 1. The van der Waals surface area contributed by atoms with Crippen LogP contribution in [-0.4, -0.2) is 84.8 Å². The molecule has 9 nitrogen and oxygen atoms in total. The van der Waals surface area contributed by atoms with E-state index in [1.165, 1.54) is 11.0 Å². The van der Waals surface area contributed by atoms with Gasteiger partial charge in [-0.1, -0.05) is 6.07 Å². The van der Waals surface area contributed by atoms with Crippen LogP contribution in [0.3, 0.4) is 0 Å². The van der Waals surface area contributed by atoms with Gasteiger partial charge in [-0.2, -0.15) is 0 Å². The molecule has 2 N–H and O–H groups in total. The third kappa shape index (κ3) is 5.57. The summed E-state index contributed by atoms with van der Waals surface area (Å²) in [7, 11) is 1.56. The SMILES string of the molecule is CCOc1cc([C@@H]2C(=C(O)c3ccc(OC)c(C)c3)C(=O)C(=O)N2CCCN2CCOCC2)ccc1O. The minimum atomic E-state index is -0.827. The Kier molecular flexibility index (Phi) is 8.35. The molecule has 4 rings (SSSR count). The maximum Gasteiger partial charge on any atom is 0.295 e. The molecule has 0 unspecified atom stereocenters. The van der Waals surface area contributed by atoms with Gasteiger partial charge in [-0.15, -0.1) is 0 Å². The zero-order chi connectivity index (χ0) is 26.5. The molecular weight excluding hydrogens is 476 g/mol. The Morgan fingerprint density at radius 3 is 2.51 bits per heavy atom. The van der Waals surface area contributed by atoms with Gasteiger partial charge in [0.1, 0.15) is 11.5 Å². The van der Waals surface area contributed by atoms with E-state index in [2.05, 4.69) is 4.90 Å². The van der Waals surface area contributed by atoms with Crippen LogP contribution in [0.25, 0.3) is 5.76 Å². The van der Waals surface area contributed by atoms with Crippen LogP contribution < -0.4 is 9.47 Å². The van der Waals surface area contributed by atoms with Gasteiger partial charge in [-0.05, 0) is 61.7 Å². The van der Waals surface area contributed by atoms with Crippen molar-refractivity contribution in [3.63, 3.8) is 0 Å². The molecule has 1 amide bonds. The second-order valence-electron chi connectivity index (χ2n) is 9.14. The topological polar surface area (TPSA) is 109 Å². The second-order valence-corrected chi connectivity index (χ2v) is 9.14. The van der Waals surface area contributed by atoms with Crippen molar-refractivity contribution in [3.05, 3.63) is 58.7 Å². The molecule has 0 radical (unpaired) electrons. The quantitative estimate of drug-likeness (QED) is 0.301. The number of carbonyl (C=O) groups is 2. The number of aromatic hydroxyl groups is 1. The van der Waals surface area contributed by atoms with E-state index in [1.54, 1.807) is 44.4 Å². The summed E-state index contributed by atoms with van der Waals surface area (Å²) in [6, 6.07) is 9.02. The monoisotopic (exact) mass is 510 g/mol. The second kappa shape index (κ2) is 11.7. The Hall–Kier alpha value is -3.56. The number of ketones is 1. The Bertz CT molecular complexity index is 1190. The van der Waals surface area contributed by atoms with Crippen molar-refractivity contribution in [2.75, 3.05) is 53.1 Å².